The number of likely N-dealkylation sites (tertiary alicyclic amines) is 1. The van der Waals surface area contributed by atoms with Gasteiger partial charge in [0.15, 0.2) is 5.84 Å². The molecule has 1 aliphatic heterocycles. The van der Waals surface area contributed by atoms with Crippen LogP contribution in [0.4, 0.5) is 8.78 Å². The number of oxime groups is 1. The van der Waals surface area contributed by atoms with E-state index in [-0.39, 0.29) is 17.8 Å². The highest BCUT2D eigenvalue weighted by Crippen LogP contribution is 2.46. The molecule has 0 aromatic heterocycles. The standard InChI is InChI=1S/C27H27BrClF2N3O/c1-27(2,31)24(19-11-21(28)13-23(30)12-19)20-14-34(15-20)25(16-6-8-22(29)9-7-16)17-4-3-5-18(10-17)26(32)33-35/h3-13,20,24-25,35H,14-15H2,1-2H3,(H2,32,33)/t24-,25?/m1/s1. The number of amidine groups is 1. The summed E-state index contributed by atoms with van der Waals surface area (Å²) in [6.07, 6.45) is 0. The first-order valence-electron chi connectivity index (χ1n) is 11.3. The van der Waals surface area contributed by atoms with E-state index < -0.39 is 17.4 Å². The third kappa shape index (κ3) is 5.68. The second-order valence-electron chi connectivity index (χ2n) is 9.52. The number of nitrogens with two attached hydrogens (primary N) is 1. The summed E-state index contributed by atoms with van der Waals surface area (Å²) < 4.78 is 30.2. The second kappa shape index (κ2) is 10.2. The lowest BCUT2D eigenvalue weighted by Gasteiger charge is -2.50. The number of rotatable bonds is 7. The van der Waals surface area contributed by atoms with Crippen LogP contribution in [0, 0.1) is 11.7 Å². The average molecular weight is 563 g/mol. The van der Waals surface area contributed by atoms with E-state index >= 15 is 4.39 Å². The van der Waals surface area contributed by atoms with E-state index in [2.05, 4.69) is 26.0 Å². The molecule has 1 saturated heterocycles. The highest BCUT2D eigenvalue weighted by molar-refractivity contribution is 9.10. The molecule has 184 valence electrons. The molecule has 0 spiro atoms. The summed E-state index contributed by atoms with van der Waals surface area (Å²) in [6.45, 7) is 4.34. The molecule has 3 aromatic carbocycles. The minimum absolute atomic E-state index is 0.00856. The molecule has 1 heterocycles. The lowest BCUT2D eigenvalue weighted by Crippen LogP contribution is -2.53. The van der Waals surface area contributed by atoms with Crippen molar-refractivity contribution in [1.82, 2.24) is 4.90 Å². The summed E-state index contributed by atoms with van der Waals surface area (Å²) in [5.74, 6) is -0.844. The van der Waals surface area contributed by atoms with Crippen molar-refractivity contribution in [3.63, 3.8) is 0 Å². The van der Waals surface area contributed by atoms with Crippen molar-refractivity contribution < 1.29 is 14.0 Å². The zero-order chi connectivity index (χ0) is 25.3. The van der Waals surface area contributed by atoms with Crippen LogP contribution in [0.1, 0.15) is 48.1 Å². The van der Waals surface area contributed by atoms with Crippen molar-refractivity contribution in [2.24, 2.45) is 16.8 Å². The molecule has 8 heteroatoms. The van der Waals surface area contributed by atoms with Crippen LogP contribution in [0.2, 0.25) is 5.02 Å². The van der Waals surface area contributed by atoms with Crippen molar-refractivity contribution >= 4 is 33.4 Å². The fourth-order valence-electron chi connectivity index (χ4n) is 5.14. The van der Waals surface area contributed by atoms with Gasteiger partial charge in [-0.25, -0.2) is 8.78 Å². The number of hydrogen-bond donors (Lipinski definition) is 2. The molecule has 0 radical (unpaired) electrons. The van der Waals surface area contributed by atoms with Crippen LogP contribution in [0.15, 0.2) is 76.4 Å². The van der Waals surface area contributed by atoms with E-state index in [4.69, 9.17) is 22.5 Å². The number of hydrogen-bond acceptors (Lipinski definition) is 3. The Balaban J connectivity index is 1.67. The topological polar surface area (TPSA) is 61.8 Å². The van der Waals surface area contributed by atoms with Crippen molar-refractivity contribution in [2.75, 3.05) is 13.1 Å². The van der Waals surface area contributed by atoms with Gasteiger partial charge in [-0.15, -0.1) is 0 Å². The van der Waals surface area contributed by atoms with Crippen molar-refractivity contribution in [2.45, 2.75) is 31.5 Å². The van der Waals surface area contributed by atoms with E-state index in [0.717, 1.165) is 11.1 Å². The van der Waals surface area contributed by atoms with Crippen LogP contribution in [-0.2, 0) is 0 Å². The smallest absolute Gasteiger partial charge is 0.170 e. The summed E-state index contributed by atoms with van der Waals surface area (Å²) in [6, 6.07) is 19.6. The van der Waals surface area contributed by atoms with Gasteiger partial charge in [-0.3, -0.25) is 4.90 Å². The molecular formula is C27H27BrClF2N3O. The van der Waals surface area contributed by atoms with Crippen LogP contribution in [-0.4, -0.2) is 34.7 Å². The number of halogens is 4. The minimum Gasteiger partial charge on any atom is -0.409 e. The monoisotopic (exact) mass is 561 g/mol. The summed E-state index contributed by atoms with van der Waals surface area (Å²) in [4.78, 5) is 2.26. The summed E-state index contributed by atoms with van der Waals surface area (Å²) in [5.41, 5.74) is 7.53. The van der Waals surface area contributed by atoms with Crippen LogP contribution in [0.3, 0.4) is 0 Å². The largest absolute Gasteiger partial charge is 0.409 e. The van der Waals surface area contributed by atoms with Crippen molar-refractivity contribution in [3.8, 4) is 0 Å². The van der Waals surface area contributed by atoms with Gasteiger partial charge in [0.2, 0.25) is 0 Å². The van der Waals surface area contributed by atoms with E-state index in [1.807, 2.05) is 42.5 Å². The maximum absolute atomic E-state index is 15.5. The van der Waals surface area contributed by atoms with E-state index in [1.165, 1.54) is 12.1 Å². The van der Waals surface area contributed by atoms with Gasteiger partial charge in [-0.05, 0) is 72.9 Å². The summed E-state index contributed by atoms with van der Waals surface area (Å²) in [5, 5.41) is 12.9. The molecule has 1 unspecified atom stereocenters. The van der Waals surface area contributed by atoms with Gasteiger partial charge in [0.25, 0.3) is 0 Å². The molecule has 3 N–H and O–H groups in total. The molecule has 35 heavy (non-hydrogen) atoms. The Hall–Kier alpha value is -2.48. The molecule has 0 bridgehead atoms. The summed E-state index contributed by atoms with van der Waals surface area (Å²) >= 11 is 9.48. The Labute approximate surface area is 217 Å². The third-order valence-electron chi connectivity index (χ3n) is 6.55. The molecule has 4 nitrogen and oxygen atoms in total. The number of alkyl halides is 1. The molecule has 0 aliphatic carbocycles. The molecule has 4 rings (SSSR count). The molecule has 2 atom stereocenters. The zero-order valence-corrected chi connectivity index (χ0v) is 21.8. The molecule has 0 saturated carbocycles. The van der Waals surface area contributed by atoms with Crippen LogP contribution >= 0.6 is 27.5 Å². The Morgan fingerprint density at radius 1 is 1.09 bits per heavy atom. The lowest BCUT2D eigenvalue weighted by molar-refractivity contribution is 0.00811. The predicted octanol–water partition coefficient (Wildman–Crippen LogP) is 6.89. The van der Waals surface area contributed by atoms with Crippen molar-refractivity contribution in [3.05, 3.63) is 104 Å². The van der Waals surface area contributed by atoms with Gasteiger partial charge < -0.3 is 10.9 Å². The van der Waals surface area contributed by atoms with Gasteiger partial charge in [0, 0.05) is 34.1 Å². The minimum atomic E-state index is -1.54. The maximum Gasteiger partial charge on any atom is 0.170 e. The molecule has 1 aliphatic rings. The van der Waals surface area contributed by atoms with Crippen molar-refractivity contribution in [1.29, 1.82) is 0 Å². The SMILES string of the molecule is CC(C)(F)[C@H](c1cc(F)cc(Br)c1)C1CN(C(c2ccc(Cl)cc2)c2cccc(C(N)=NO)c2)C1. The molecule has 3 aromatic rings. The second-order valence-corrected chi connectivity index (χ2v) is 10.9. The normalized spacial score (nSPS) is 17.1. The van der Waals surface area contributed by atoms with Crippen LogP contribution in [0.5, 0.6) is 0 Å². The van der Waals surface area contributed by atoms with Gasteiger partial charge in [0.05, 0.1) is 6.04 Å². The van der Waals surface area contributed by atoms with Gasteiger partial charge >= 0.3 is 0 Å². The van der Waals surface area contributed by atoms with E-state index in [9.17, 15) is 4.39 Å². The van der Waals surface area contributed by atoms with Gasteiger partial charge in [-0.1, -0.05) is 63.0 Å². The predicted molar refractivity (Wildman–Crippen MR) is 139 cm³/mol. The van der Waals surface area contributed by atoms with Crippen LogP contribution < -0.4 is 5.73 Å². The van der Waals surface area contributed by atoms with E-state index in [1.54, 1.807) is 26.0 Å². The molecular weight excluding hydrogens is 536 g/mol. The quantitative estimate of drug-likeness (QED) is 0.143. The third-order valence-corrected chi connectivity index (χ3v) is 7.26. The van der Waals surface area contributed by atoms with Gasteiger partial charge in [0.1, 0.15) is 11.5 Å². The average Bonchev–Trinajstić information content (AvgIpc) is 2.76. The fourth-order valence-corrected chi connectivity index (χ4v) is 5.75. The van der Waals surface area contributed by atoms with E-state index in [0.29, 0.717) is 33.7 Å². The Bertz CT molecular complexity index is 1200. The molecule has 0 amide bonds. The van der Waals surface area contributed by atoms with Crippen LogP contribution in [0.25, 0.3) is 0 Å². The highest BCUT2D eigenvalue weighted by atomic mass is 79.9. The summed E-state index contributed by atoms with van der Waals surface area (Å²) in [7, 11) is 0. The van der Waals surface area contributed by atoms with Gasteiger partial charge in [-0.2, -0.15) is 0 Å². The molecule has 1 fully saturated rings. The lowest BCUT2D eigenvalue weighted by atomic mass is 9.72. The Kier molecular flexibility index (Phi) is 7.50. The number of nitrogens with zero attached hydrogens (tertiary/aromatic N) is 2. The fraction of sp³-hybridized carbons (Fsp3) is 0.296. The highest BCUT2D eigenvalue weighted by Gasteiger charge is 2.45. The first-order chi connectivity index (χ1) is 16.6. The number of benzene rings is 3. The first kappa shape index (κ1) is 25.6. The Morgan fingerprint density at radius 2 is 1.77 bits per heavy atom. The maximum atomic E-state index is 15.5. The zero-order valence-electron chi connectivity index (χ0n) is 19.4. The first-order valence-corrected chi connectivity index (χ1v) is 12.5. The Morgan fingerprint density at radius 3 is 2.37 bits per heavy atom.